The molecule has 1 N–H and O–H groups in total. The maximum atomic E-state index is 12.8. The van der Waals surface area contributed by atoms with Crippen LogP contribution in [0.5, 0.6) is 5.75 Å². The standard InChI is InChI=1S/C15H13BrFNO2/c1-20-14-8-11(16)4-7-13(14)15(19)18-9-10-2-5-12(17)6-3-10/h2-8H,9H2,1H3,(H,18,19). The largest absolute Gasteiger partial charge is 0.496 e. The summed E-state index contributed by atoms with van der Waals surface area (Å²) in [4.78, 5) is 12.1. The molecular weight excluding hydrogens is 325 g/mol. The summed E-state index contributed by atoms with van der Waals surface area (Å²) in [7, 11) is 1.51. The van der Waals surface area contributed by atoms with Crippen molar-refractivity contribution >= 4 is 21.8 Å². The molecule has 0 atom stereocenters. The number of benzene rings is 2. The van der Waals surface area contributed by atoms with Gasteiger partial charge in [0.25, 0.3) is 5.91 Å². The van der Waals surface area contributed by atoms with Crippen molar-refractivity contribution in [3.63, 3.8) is 0 Å². The lowest BCUT2D eigenvalue weighted by Gasteiger charge is -2.10. The third-order valence-corrected chi connectivity index (χ3v) is 3.27. The normalized spacial score (nSPS) is 10.2. The van der Waals surface area contributed by atoms with Crippen molar-refractivity contribution in [3.05, 3.63) is 63.9 Å². The lowest BCUT2D eigenvalue weighted by atomic mass is 10.1. The number of carbonyl (C=O) groups excluding carboxylic acids is 1. The van der Waals surface area contributed by atoms with Crippen molar-refractivity contribution in [2.75, 3.05) is 7.11 Å². The van der Waals surface area contributed by atoms with Crippen LogP contribution < -0.4 is 10.1 Å². The van der Waals surface area contributed by atoms with Gasteiger partial charge in [-0.05, 0) is 35.9 Å². The first-order valence-corrected chi connectivity index (χ1v) is 6.75. The predicted octanol–water partition coefficient (Wildman–Crippen LogP) is 3.53. The maximum Gasteiger partial charge on any atom is 0.255 e. The van der Waals surface area contributed by atoms with Gasteiger partial charge in [-0.25, -0.2) is 4.39 Å². The topological polar surface area (TPSA) is 38.3 Å². The Labute approximate surface area is 124 Å². The van der Waals surface area contributed by atoms with Gasteiger partial charge in [-0.15, -0.1) is 0 Å². The van der Waals surface area contributed by atoms with Gasteiger partial charge < -0.3 is 10.1 Å². The average Bonchev–Trinajstić information content (AvgIpc) is 2.46. The second-order valence-electron chi connectivity index (χ2n) is 4.15. The Bertz CT molecular complexity index is 614. The molecule has 0 radical (unpaired) electrons. The minimum atomic E-state index is -0.297. The minimum Gasteiger partial charge on any atom is -0.496 e. The number of hydrogen-bond donors (Lipinski definition) is 1. The number of hydrogen-bond acceptors (Lipinski definition) is 2. The molecule has 5 heteroatoms. The quantitative estimate of drug-likeness (QED) is 0.926. The van der Waals surface area contributed by atoms with Gasteiger partial charge in [0, 0.05) is 11.0 Å². The molecule has 3 nitrogen and oxygen atoms in total. The number of halogens is 2. The summed E-state index contributed by atoms with van der Waals surface area (Å²) in [6.07, 6.45) is 0. The molecule has 0 heterocycles. The number of rotatable bonds is 4. The highest BCUT2D eigenvalue weighted by atomic mass is 79.9. The number of methoxy groups -OCH3 is 1. The van der Waals surface area contributed by atoms with Crippen molar-refractivity contribution in [2.24, 2.45) is 0 Å². The molecule has 0 fully saturated rings. The second-order valence-corrected chi connectivity index (χ2v) is 5.07. The van der Waals surface area contributed by atoms with Crippen LogP contribution in [0.15, 0.2) is 46.9 Å². The molecule has 0 aromatic heterocycles. The van der Waals surface area contributed by atoms with Crippen LogP contribution in [0.25, 0.3) is 0 Å². The second kappa shape index (κ2) is 6.52. The van der Waals surface area contributed by atoms with Crippen molar-refractivity contribution in [3.8, 4) is 5.75 Å². The molecule has 0 unspecified atom stereocenters. The molecule has 2 aromatic carbocycles. The Morgan fingerprint density at radius 3 is 2.60 bits per heavy atom. The number of nitrogens with one attached hydrogen (secondary N) is 1. The van der Waals surface area contributed by atoms with E-state index in [-0.39, 0.29) is 11.7 Å². The van der Waals surface area contributed by atoms with Crippen LogP contribution in [-0.4, -0.2) is 13.0 Å². The van der Waals surface area contributed by atoms with E-state index < -0.39 is 0 Å². The minimum absolute atomic E-state index is 0.237. The molecular formula is C15H13BrFNO2. The highest BCUT2D eigenvalue weighted by molar-refractivity contribution is 9.10. The third-order valence-electron chi connectivity index (χ3n) is 2.77. The van der Waals surface area contributed by atoms with Gasteiger partial charge in [-0.1, -0.05) is 28.1 Å². The Morgan fingerprint density at radius 2 is 1.95 bits per heavy atom. The number of amides is 1. The monoisotopic (exact) mass is 337 g/mol. The molecule has 0 saturated carbocycles. The smallest absolute Gasteiger partial charge is 0.255 e. The molecule has 0 saturated heterocycles. The molecule has 2 aromatic rings. The van der Waals surface area contributed by atoms with Crippen molar-refractivity contribution in [1.82, 2.24) is 5.32 Å². The average molecular weight is 338 g/mol. The Kier molecular flexibility index (Phi) is 4.74. The molecule has 104 valence electrons. The van der Waals surface area contributed by atoms with E-state index in [0.29, 0.717) is 17.9 Å². The lowest BCUT2D eigenvalue weighted by molar-refractivity contribution is 0.0948. The summed E-state index contributed by atoms with van der Waals surface area (Å²) in [6, 6.07) is 11.2. The zero-order valence-corrected chi connectivity index (χ0v) is 12.4. The first-order valence-electron chi connectivity index (χ1n) is 5.96. The fourth-order valence-corrected chi connectivity index (χ4v) is 2.07. The highest BCUT2D eigenvalue weighted by Gasteiger charge is 2.12. The van der Waals surface area contributed by atoms with E-state index >= 15 is 0 Å². The fraction of sp³-hybridized carbons (Fsp3) is 0.133. The predicted molar refractivity (Wildman–Crippen MR) is 78.3 cm³/mol. The first kappa shape index (κ1) is 14.5. The van der Waals surface area contributed by atoms with Crippen LogP contribution in [0.1, 0.15) is 15.9 Å². The van der Waals surface area contributed by atoms with E-state index in [9.17, 15) is 9.18 Å². The molecule has 0 spiro atoms. The molecule has 20 heavy (non-hydrogen) atoms. The molecule has 0 aliphatic heterocycles. The van der Waals surface area contributed by atoms with Gasteiger partial charge in [0.05, 0.1) is 12.7 Å². The number of ether oxygens (including phenoxy) is 1. The van der Waals surface area contributed by atoms with Crippen molar-refractivity contribution in [1.29, 1.82) is 0 Å². The van der Waals surface area contributed by atoms with Crippen LogP contribution in [0.4, 0.5) is 4.39 Å². The molecule has 0 bridgehead atoms. The van der Waals surface area contributed by atoms with Gasteiger partial charge in [-0.2, -0.15) is 0 Å². The SMILES string of the molecule is COc1cc(Br)ccc1C(=O)NCc1ccc(F)cc1. The van der Waals surface area contributed by atoms with Crippen LogP contribution >= 0.6 is 15.9 Å². The summed E-state index contributed by atoms with van der Waals surface area (Å²) in [5, 5.41) is 2.77. The van der Waals surface area contributed by atoms with E-state index in [4.69, 9.17) is 4.74 Å². The molecule has 0 aliphatic rings. The van der Waals surface area contributed by atoms with Crippen molar-refractivity contribution < 1.29 is 13.9 Å². The molecule has 2 rings (SSSR count). The van der Waals surface area contributed by atoms with Gasteiger partial charge in [-0.3, -0.25) is 4.79 Å². The van der Waals surface area contributed by atoms with E-state index in [1.54, 1.807) is 30.3 Å². The van der Waals surface area contributed by atoms with Crippen LogP contribution in [0.3, 0.4) is 0 Å². The van der Waals surface area contributed by atoms with Crippen molar-refractivity contribution in [2.45, 2.75) is 6.54 Å². The first-order chi connectivity index (χ1) is 9.60. The van der Waals surface area contributed by atoms with E-state index in [1.165, 1.54) is 19.2 Å². The maximum absolute atomic E-state index is 12.8. The Morgan fingerprint density at radius 1 is 1.25 bits per heavy atom. The summed E-state index contributed by atoms with van der Waals surface area (Å²) in [6.45, 7) is 0.332. The third kappa shape index (κ3) is 3.57. The van der Waals surface area contributed by atoms with Gasteiger partial charge in [0.15, 0.2) is 0 Å². The Hall–Kier alpha value is -1.88. The highest BCUT2D eigenvalue weighted by Crippen LogP contribution is 2.23. The molecule has 0 aliphatic carbocycles. The van der Waals surface area contributed by atoms with Gasteiger partial charge >= 0.3 is 0 Å². The van der Waals surface area contributed by atoms with E-state index in [0.717, 1.165) is 10.0 Å². The van der Waals surface area contributed by atoms with Crippen LogP contribution in [0.2, 0.25) is 0 Å². The zero-order chi connectivity index (χ0) is 14.5. The summed E-state index contributed by atoms with van der Waals surface area (Å²) in [5.41, 5.74) is 1.29. The Balaban J connectivity index is 2.07. The summed E-state index contributed by atoms with van der Waals surface area (Å²) in [5.74, 6) is -0.0377. The fourth-order valence-electron chi connectivity index (χ4n) is 1.73. The summed E-state index contributed by atoms with van der Waals surface area (Å²) < 4.78 is 18.8. The molecule has 1 amide bonds. The van der Waals surface area contributed by atoms with E-state index in [1.807, 2.05) is 0 Å². The van der Waals surface area contributed by atoms with Gasteiger partial charge in [0.2, 0.25) is 0 Å². The van der Waals surface area contributed by atoms with Crippen LogP contribution in [-0.2, 0) is 6.54 Å². The summed E-state index contributed by atoms with van der Waals surface area (Å²) >= 11 is 3.32. The van der Waals surface area contributed by atoms with Gasteiger partial charge in [0.1, 0.15) is 11.6 Å². The van der Waals surface area contributed by atoms with Crippen LogP contribution in [0, 0.1) is 5.82 Å². The lowest BCUT2D eigenvalue weighted by Crippen LogP contribution is -2.23. The van der Waals surface area contributed by atoms with E-state index in [2.05, 4.69) is 21.2 Å². The zero-order valence-electron chi connectivity index (χ0n) is 10.8. The number of carbonyl (C=O) groups is 1.